The average Bonchev–Trinajstić information content (AvgIpc) is 2.73. The van der Waals surface area contributed by atoms with Gasteiger partial charge in [-0.15, -0.1) is 0 Å². The first-order valence-corrected chi connectivity index (χ1v) is 8.92. The fraction of sp³-hybridized carbons (Fsp3) is 0.250. The van der Waals surface area contributed by atoms with Crippen LogP contribution in [-0.4, -0.2) is 30.5 Å². The van der Waals surface area contributed by atoms with E-state index in [1.807, 2.05) is 12.1 Å². The van der Waals surface area contributed by atoms with Gasteiger partial charge in [-0.1, -0.05) is 0 Å². The molecular weight excluding hydrogens is 338 g/mol. The zero-order valence-electron chi connectivity index (χ0n) is 15.2. The summed E-state index contributed by atoms with van der Waals surface area (Å²) in [5.74, 6) is 0.284. The van der Waals surface area contributed by atoms with Gasteiger partial charge in [-0.2, -0.15) is 5.10 Å². The summed E-state index contributed by atoms with van der Waals surface area (Å²) in [7, 11) is 0. The number of nitrogens with zero attached hydrogens (tertiary/aromatic N) is 3. The lowest BCUT2D eigenvalue weighted by atomic mass is 9.97. The highest BCUT2D eigenvalue weighted by atomic mass is 15.4. The topological polar surface area (TPSA) is 116 Å². The van der Waals surface area contributed by atoms with Gasteiger partial charge in [0, 0.05) is 60.3 Å². The molecule has 0 aliphatic carbocycles. The summed E-state index contributed by atoms with van der Waals surface area (Å²) in [4.78, 5) is 3.99. The molecule has 1 aliphatic rings. The summed E-state index contributed by atoms with van der Waals surface area (Å²) >= 11 is 0. The summed E-state index contributed by atoms with van der Waals surface area (Å²) in [5.41, 5.74) is 16.2. The number of benzene rings is 1. The Labute approximate surface area is 159 Å². The van der Waals surface area contributed by atoms with Crippen LogP contribution in [0.2, 0.25) is 0 Å². The van der Waals surface area contributed by atoms with Crippen LogP contribution >= 0.6 is 0 Å². The van der Waals surface area contributed by atoms with Crippen molar-refractivity contribution in [2.45, 2.75) is 12.8 Å². The lowest BCUT2D eigenvalue weighted by Crippen LogP contribution is -2.33. The van der Waals surface area contributed by atoms with Crippen LogP contribution in [0.4, 0.5) is 11.4 Å². The molecule has 1 aromatic heterocycles. The number of nitrogen functional groups attached to an aromatic ring is 1. The van der Waals surface area contributed by atoms with E-state index in [-0.39, 0.29) is 5.92 Å². The molecule has 3 rings (SSSR count). The lowest BCUT2D eigenvalue weighted by Gasteiger charge is -2.25. The molecule has 1 saturated heterocycles. The number of aromatic nitrogens is 1. The third kappa shape index (κ3) is 4.32. The standard InChI is InChI=1S/C20H25N7/c1-24-27(13-19(22)15-3-2-8-26-12-15)16-4-5-18(21)17(11-16)20(23)14-6-9-25-10-7-14/h4-7,9-11,13,15,23,26H,1-3,8,12,21-22H2/b19-13-,23-20?/t15-/m1/s1. The van der Waals surface area contributed by atoms with Gasteiger partial charge in [0.05, 0.1) is 11.4 Å². The Morgan fingerprint density at radius 3 is 2.78 bits per heavy atom. The number of rotatable bonds is 6. The number of piperidine rings is 1. The monoisotopic (exact) mass is 363 g/mol. The molecule has 7 heteroatoms. The van der Waals surface area contributed by atoms with E-state index in [0.29, 0.717) is 17.0 Å². The Balaban J connectivity index is 1.89. The number of anilines is 2. The number of hydrogen-bond acceptors (Lipinski definition) is 7. The van der Waals surface area contributed by atoms with E-state index in [4.69, 9.17) is 16.9 Å². The molecule has 0 amide bonds. The maximum Gasteiger partial charge on any atom is 0.0707 e. The van der Waals surface area contributed by atoms with Crippen molar-refractivity contribution in [3.63, 3.8) is 0 Å². The highest BCUT2D eigenvalue weighted by Crippen LogP contribution is 2.25. The van der Waals surface area contributed by atoms with Crippen LogP contribution in [-0.2, 0) is 0 Å². The summed E-state index contributed by atoms with van der Waals surface area (Å²) in [6.07, 6.45) is 7.28. The molecule has 0 spiro atoms. The van der Waals surface area contributed by atoms with Gasteiger partial charge in [0.15, 0.2) is 0 Å². The molecule has 1 aliphatic heterocycles. The molecular formula is C20H25N7. The van der Waals surface area contributed by atoms with Crippen LogP contribution in [0.25, 0.3) is 0 Å². The third-order valence-electron chi connectivity index (χ3n) is 4.73. The number of pyridine rings is 1. The normalized spacial score (nSPS) is 17.3. The van der Waals surface area contributed by atoms with Gasteiger partial charge in [0.1, 0.15) is 0 Å². The van der Waals surface area contributed by atoms with E-state index in [2.05, 4.69) is 22.1 Å². The van der Waals surface area contributed by atoms with Gasteiger partial charge in [0.2, 0.25) is 0 Å². The Kier molecular flexibility index (Phi) is 5.83. The van der Waals surface area contributed by atoms with E-state index in [1.165, 1.54) is 0 Å². The highest BCUT2D eigenvalue weighted by molar-refractivity contribution is 6.14. The zero-order chi connectivity index (χ0) is 19.2. The van der Waals surface area contributed by atoms with Crippen molar-refractivity contribution >= 4 is 23.8 Å². The minimum Gasteiger partial charge on any atom is -0.401 e. The van der Waals surface area contributed by atoms with Crippen LogP contribution < -0.4 is 21.8 Å². The van der Waals surface area contributed by atoms with Crippen molar-refractivity contribution in [1.29, 1.82) is 5.41 Å². The van der Waals surface area contributed by atoms with Crippen molar-refractivity contribution < 1.29 is 0 Å². The van der Waals surface area contributed by atoms with E-state index in [0.717, 1.165) is 42.9 Å². The largest absolute Gasteiger partial charge is 0.401 e. The van der Waals surface area contributed by atoms with Crippen LogP contribution in [0.3, 0.4) is 0 Å². The minimum atomic E-state index is 0.284. The lowest BCUT2D eigenvalue weighted by molar-refractivity contribution is 0.418. The fourth-order valence-corrected chi connectivity index (χ4v) is 3.16. The smallest absolute Gasteiger partial charge is 0.0707 e. The maximum absolute atomic E-state index is 8.49. The summed E-state index contributed by atoms with van der Waals surface area (Å²) in [6.45, 7) is 5.56. The van der Waals surface area contributed by atoms with Gasteiger partial charge >= 0.3 is 0 Å². The molecule has 7 nitrogen and oxygen atoms in total. The molecule has 1 aromatic carbocycles. The third-order valence-corrected chi connectivity index (χ3v) is 4.73. The van der Waals surface area contributed by atoms with Crippen molar-refractivity contribution in [2.75, 3.05) is 23.8 Å². The number of nitrogens with two attached hydrogens (primary N) is 2. The van der Waals surface area contributed by atoms with Crippen LogP contribution in [0, 0.1) is 11.3 Å². The van der Waals surface area contributed by atoms with Crippen molar-refractivity contribution in [3.8, 4) is 0 Å². The second-order valence-electron chi connectivity index (χ2n) is 6.54. The van der Waals surface area contributed by atoms with Gasteiger partial charge in [-0.05, 0) is 49.7 Å². The van der Waals surface area contributed by atoms with Crippen molar-refractivity contribution in [1.82, 2.24) is 10.3 Å². The van der Waals surface area contributed by atoms with Crippen LogP contribution in [0.5, 0.6) is 0 Å². The first-order chi connectivity index (χ1) is 13.1. The Morgan fingerprint density at radius 2 is 2.11 bits per heavy atom. The van der Waals surface area contributed by atoms with E-state index < -0.39 is 0 Å². The molecule has 0 saturated carbocycles. The number of hydrogen-bond donors (Lipinski definition) is 4. The van der Waals surface area contributed by atoms with E-state index in [9.17, 15) is 0 Å². The first-order valence-electron chi connectivity index (χ1n) is 8.92. The molecule has 0 radical (unpaired) electrons. The Hall–Kier alpha value is -3.19. The van der Waals surface area contributed by atoms with E-state index >= 15 is 0 Å². The molecule has 140 valence electrons. The first kappa shape index (κ1) is 18.6. The second-order valence-corrected chi connectivity index (χ2v) is 6.54. The second kappa shape index (κ2) is 8.46. The maximum atomic E-state index is 8.49. The minimum absolute atomic E-state index is 0.284. The zero-order valence-corrected chi connectivity index (χ0v) is 15.2. The van der Waals surface area contributed by atoms with Gasteiger partial charge in [-0.3, -0.25) is 10.4 Å². The molecule has 6 N–H and O–H groups in total. The Morgan fingerprint density at radius 1 is 1.33 bits per heavy atom. The quantitative estimate of drug-likeness (QED) is 0.357. The molecule has 0 bridgehead atoms. The van der Waals surface area contributed by atoms with E-state index in [1.54, 1.807) is 41.8 Å². The molecule has 1 fully saturated rings. The molecule has 1 atom stereocenters. The SMILES string of the molecule is C=NN(/C=C(\N)[C@@H]1CCCNC1)c1ccc(N)c(C(=N)c2ccncc2)c1. The van der Waals surface area contributed by atoms with Crippen molar-refractivity contribution in [3.05, 3.63) is 65.7 Å². The molecule has 2 heterocycles. The average molecular weight is 363 g/mol. The fourth-order valence-electron chi connectivity index (χ4n) is 3.16. The molecule has 0 unspecified atom stereocenters. The predicted molar refractivity (Wildman–Crippen MR) is 111 cm³/mol. The molecule has 27 heavy (non-hydrogen) atoms. The predicted octanol–water partition coefficient (Wildman–Crippen LogP) is 2.30. The van der Waals surface area contributed by atoms with Crippen LogP contribution in [0.1, 0.15) is 24.0 Å². The van der Waals surface area contributed by atoms with Crippen LogP contribution in [0.15, 0.2) is 59.7 Å². The summed E-state index contributed by atoms with van der Waals surface area (Å²) < 4.78 is 0. The van der Waals surface area contributed by atoms with Crippen molar-refractivity contribution in [2.24, 2.45) is 16.8 Å². The Bertz CT molecular complexity index is 839. The highest BCUT2D eigenvalue weighted by Gasteiger charge is 2.17. The van der Waals surface area contributed by atoms with Gasteiger partial charge in [0.25, 0.3) is 0 Å². The number of hydrazone groups is 1. The number of nitrogens with one attached hydrogen (secondary N) is 2. The van der Waals surface area contributed by atoms with Gasteiger partial charge < -0.3 is 16.8 Å². The summed E-state index contributed by atoms with van der Waals surface area (Å²) in [6, 6.07) is 9.01. The molecule has 2 aromatic rings. The van der Waals surface area contributed by atoms with Gasteiger partial charge in [-0.25, -0.2) is 5.01 Å². The summed E-state index contributed by atoms with van der Waals surface area (Å²) in [5, 5.41) is 17.6.